The highest BCUT2D eigenvalue weighted by Gasteiger charge is 2.31. The molecule has 26 heavy (non-hydrogen) atoms. The molecular weight excluding hydrogens is 369 g/mol. The van der Waals surface area contributed by atoms with E-state index in [9.17, 15) is 18.0 Å². The number of Topliss-reactive ketones (excluding diaryl/α,β-unsaturated/α-hetero) is 1. The summed E-state index contributed by atoms with van der Waals surface area (Å²) >= 11 is 1.13. The van der Waals surface area contributed by atoms with Gasteiger partial charge < -0.3 is 4.74 Å². The first-order valence-electron chi connectivity index (χ1n) is 7.28. The van der Waals surface area contributed by atoms with Crippen molar-refractivity contribution in [2.45, 2.75) is 11.5 Å². The van der Waals surface area contributed by atoms with Gasteiger partial charge in [-0.3, -0.25) is 4.79 Å². The monoisotopic (exact) mass is 380 g/mol. The number of ether oxygens (including phenoxy) is 1. The highest BCUT2D eigenvalue weighted by molar-refractivity contribution is 7.99. The second-order valence-electron chi connectivity index (χ2n) is 4.99. The molecule has 0 unspecified atom stereocenters. The van der Waals surface area contributed by atoms with Gasteiger partial charge in [0.2, 0.25) is 5.16 Å². The number of halogens is 3. The molecule has 0 aliphatic rings. The Kier molecular flexibility index (Phi) is 5.21. The molecule has 10 heteroatoms. The second kappa shape index (κ2) is 7.56. The third kappa shape index (κ3) is 4.60. The number of aromatic nitrogens is 4. The van der Waals surface area contributed by atoms with E-state index in [1.165, 1.54) is 16.8 Å². The highest BCUT2D eigenvalue weighted by Crippen LogP contribution is 2.25. The molecule has 0 fully saturated rings. The lowest BCUT2D eigenvalue weighted by Crippen LogP contribution is -2.17. The minimum Gasteiger partial charge on any atom is -0.406 e. The third-order valence-corrected chi connectivity index (χ3v) is 4.10. The van der Waals surface area contributed by atoms with Crippen LogP contribution in [0.4, 0.5) is 13.2 Å². The van der Waals surface area contributed by atoms with Crippen LogP contribution in [0.5, 0.6) is 5.75 Å². The van der Waals surface area contributed by atoms with Crippen molar-refractivity contribution in [3.8, 4) is 11.4 Å². The van der Waals surface area contributed by atoms with Gasteiger partial charge in [0.15, 0.2) is 5.78 Å². The summed E-state index contributed by atoms with van der Waals surface area (Å²) < 4.78 is 41.8. The van der Waals surface area contributed by atoms with Crippen LogP contribution in [0, 0.1) is 0 Å². The zero-order valence-electron chi connectivity index (χ0n) is 13.1. The number of alkyl halides is 3. The maximum atomic E-state index is 12.2. The molecule has 3 rings (SSSR count). The van der Waals surface area contributed by atoms with Gasteiger partial charge in [0.05, 0.1) is 11.4 Å². The molecule has 0 saturated carbocycles. The molecule has 2 aromatic carbocycles. The van der Waals surface area contributed by atoms with Crippen LogP contribution in [0.15, 0.2) is 59.8 Å². The van der Waals surface area contributed by atoms with Crippen LogP contribution in [0.2, 0.25) is 0 Å². The number of carbonyl (C=O) groups is 1. The molecule has 1 aromatic heterocycles. The van der Waals surface area contributed by atoms with Crippen molar-refractivity contribution in [2.75, 3.05) is 5.75 Å². The standard InChI is InChI=1S/C16H11F3N4O2S/c17-16(18,19)25-13-8-6-12(7-9-13)23-15(20-21-22-23)26-10-14(24)11-4-2-1-3-5-11/h1-9H,10H2. The van der Waals surface area contributed by atoms with E-state index < -0.39 is 6.36 Å². The molecule has 134 valence electrons. The lowest BCUT2D eigenvalue weighted by Gasteiger charge is -2.09. The number of tetrazole rings is 1. The van der Waals surface area contributed by atoms with Gasteiger partial charge in [-0.15, -0.1) is 18.3 Å². The Morgan fingerprint density at radius 2 is 1.77 bits per heavy atom. The minimum atomic E-state index is -4.75. The largest absolute Gasteiger partial charge is 0.573 e. The van der Waals surface area contributed by atoms with Gasteiger partial charge in [0.1, 0.15) is 5.75 Å². The van der Waals surface area contributed by atoms with Crippen molar-refractivity contribution in [1.82, 2.24) is 20.2 Å². The second-order valence-corrected chi connectivity index (χ2v) is 5.94. The Labute approximate surface area is 150 Å². The van der Waals surface area contributed by atoms with E-state index in [1.807, 2.05) is 6.07 Å². The molecule has 0 radical (unpaired) electrons. The van der Waals surface area contributed by atoms with Crippen LogP contribution >= 0.6 is 11.8 Å². The van der Waals surface area contributed by atoms with Crippen LogP contribution in [-0.4, -0.2) is 38.1 Å². The molecule has 1 heterocycles. The number of ketones is 1. The fourth-order valence-electron chi connectivity index (χ4n) is 2.06. The number of benzene rings is 2. The number of thioether (sulfide) groups is 1. The summed E-state index contributed by atoms with van der Waals surface area (Å²) in [7, 11) is 0. The van der Waals surface area contributed by atoms with Gasteiger partial charge >= 0.3 is 6.36 Å². The van der Waals surface area contributed by atoms with Crippen LogP contribution in [-0.2, 0) is 0 Å². The maximum absolute atomic E-state index is 12.2. The number of rotatable bonds is 6. The predicted octanol–water partition coefficient (Wildman–Crippen LogP) is 3.54. The van der Waals surface area contributed by atoms with E-state index in [0.717, 1.165) is 23.9 Å². The molecule has 0 spiro atoms. The molecule has 0 saturated heterocycles. The Hall–Kier alpha value is -2.88. The van der Waals surface area contributed by atoms with Crippen molar-refractivity contribution in [3.05, 3.63) is 60.2 Å². The fraction of sp³-hybridized carbons (Fsp3) is 0.125. The number of hydrogen-bond acceptors (Lipinski definition) is 6. The van der Waals surface area contributed by atoms with Crippen LogP contribution in [0.1, 0.15) is 10.4 Å². The van der Waals surface area contributed by atoms with E-state index in [4.69, 9.17) is 0 Å². The summed E-state index contributed by atoms with van der Waals surface area (Å²) in [6.07, 6.45) is -4.75. The Balaban J connectivity index is 1.69. The number of nitrogens with zero attached hydrogens (tertiary/aromatic N) is 4. The summed E-state index contributed by atoms with van der Waals surface area (Å²) in [6, 6.07) is 13.9. The molecule has 0 atom stereocenters. The number of hydrogen-bond donors (Lipinski definition) is 0. The van der Waals surface area contributed by atoms with Crippen molar-refractivity contribution >= 4 is 17.5 Å². The molecule has 0 amide bonds. The molecule has 0 aliphatic heterocycles. The van der Waals surface area contributed by atoms with Crippen LogP contribution in [0.25, 0.3) is 5.69 Å². The predicted molar refractivity (Wildman–Crippen MR) is 87.3 cm³/mol. The van der Waals surface area contributed by atoms with Crippen LogP contribution in [0.3, 0.4) is 0 Å². The Morgan fingerprint density at radius 3 is 2.42 bits per heavy atom. The highest BCUT2D eigenvalue weighted by atomic mass is 32.2. The van der Waals surface area contributed by atoms with Gasteiger partial charge in [-0.25, -0.2) is 0 Å². The zero-order valence-corrected chi connectivity index (χ0v) is 13.9. The first kappa shape index (κ1) is 17.9. The average Bonchev–Trinajstić information content (AvgIpc) is 3.08. The first-order valence-corrected chi connectivity index (χ1v) is 8.26. The fourth-order valence-corrected chi connectivity index (χ4v) is 2.84. The summed E-state index contributed by atoms with van der Waals surface area (Å²) in [5.41, 5.74) is 1.02. The Bertz CT molecular complexity index is 883. The van der Waals surface area contributed by atoms with Gasteiger partial charge in [-0.2, -0.15) is 4.68 Å². The number of carbonyl (C=O) groups excluding carboxylic acids is 1. The van der Waals surface area contributed by atoms with Crippen molar-refractivity contribution < 1.29 is 22.7 Å². The zero-order chi connectivity index (χ0) is 18.6. The van der Waals surface area contributed by atoms with Crippen molar-refractivity contribution in [3.63, 3.8) is 0 Å². The molecule has 0 bridgehead atoms. The van der Waals surface area contributed by atoms with E-state index in [2.05, 4.69) is 20.3 Å². The topological polar surface area (TPSA) is 69.9 Å². The smallest absolute Gasteiger partial charge is 0.406 e. The van der Waals surface area contributed by atoms with Crippen LogP contribution < -0.4 is 4.74 Å². The lowest BCUT2D eigenvalue weighted by molar-refractivity contribution is -0.274. The molecule has 0 N–H and O–H groups in total. The van der Waals surface area contributed by atoms with E-state index in [1.54, 1.807) is 24.3 Å². The summed E-state index contributed by atoms with van der Waals surface area (Å²) in [5.74, 6) is -0.304. The van der Waals surface area contributed by atoms with E-state index in [0.29, 0.717) is 16.4 Å². The van der Waals surface area contributed by atoms with Crippen molar-refractivity contribution in [2.24, 2.45) is 0 Å². The molecular formula is C16H11F3N4O2S. The summed E-state index contributed by atoms with van der Waals surface area (Å²) in [5, 5.41) is 11.5. The SMILES string of the molecule is O=C(CSc1nnnn1-c1ccc(OC(F)(F)F)cc1)c1ccccc1. The molecule has 6 nitrogen and oxygen atoms in total. The van der Waals surface area contributed by atoms with Gasteiger partial charge in [0, 0.05) is 5.56 Å². The van der Waals surface area contributed by atoms with E-state index in [-0.39, 0.29) is 17.3 Å². The van der Waals surface area contributed by atoms with Gasteiger partial charge in [0.25, 0.3) is 0 Å². The van der Waals surface area contributed by atoms with Gasteiger partial charge in [-0.1, -0.05) is 42.1 Å². The summed E-state index contributed by atoms with van der Waals surface area (Å²) in [4.78, 5) is 12.1. The average molecular weight is 380 g/mol. The van der Waals surface area contributed by atoms with Gasteiger partial charge in [-0.05, 0) is 34.7 Å². The van der Waals surface area contributed by atoms with E-state index >= 15 is 0 Å². The third-order valence-electron chi connectivity index (χ3n) is 3.18. The quantitative estimate of drug-likeness (QED) is 0.481. The Morgan fingerprint density at radius 1 is 1.08 bits per heavy atom. The lowest BCUT2D eigenvalue weighted by atomic mass is 10.2. The normalized spacial score (nSPS) is 11.3. The molecule has 3 aromatic rings. The first-order chi connectivity index (χ1) is 12.4. The van der Waals surface area contributed by atoms with Crippen molar-refractivity contribution in [1.29, 1.82) is 0 Å². The molecule has 0 aliphatic carbocycles. The summed E-state index contributed by atoms with van der Waals surface area (Å²) in [6.45, 7) is 0. The minimum absolute atomic E-state index is 0.0842. The maximum Gasteiger partial charge on any atom is 0.573 e.